The number of hydrogen-bond donors (Lipinski definition) is 2. The Balaban J connectivity index is 2.66. The van der Waals surface area contributed by atoms with Crippen LogP contribution in [-0.4, -0.2) is 26.9 Å². The molecule has 0 spiro atoms. The van der Waals surface area contributed by atoms with E-state index in [2.05, 4.69) is 12.2 Å². The highest BCUT2D eigenvalue weighted by Crippen LogP contribution is 2.40. The Labute approximate surface area is 124 Å². The maximum absolute atomic E-state index is 13.4. The molecule has 0 unspecified atom stereocenters. The van der Waals surface area contributed by atoms with Crippen molar-refractivity contribution >= 4 is 17.5 Å². The Morgan fingerprint density at radius 2 is 2.19 bits per heavy atom. The van der Waals surface area contributed by atoms with Crippen LogP contribution in [0.1, 0.15) is 42.4 Å². The number of nitrogens with one attached hydrogen (secondary N) is 2. The molecule has 1 aliphatic rings. The van der Waals surface area contributed by atoms with Crippen molar-refractivity contribution in [3.8, 4) is 0 Å². The minimum absolute atomic E-state index is 0.0142. The number of fused-ring (bicyclic) bond motifs is 1. The predicted molar refractivity (Wildman–Crippen MR) is 83.5 cm³/mol. The van der Waals surface area contributed by atoms with Crippen LogP contribution >= 0.6 is 0 Å². The Morgan fingerprint density at radius 1 is 1.48 bits per heavy atom. The fourth-order valence-corrected chi connectivity index (χ4v) is 2.79. The molecule has 0 saturated heterocycles. The van der Waals surface area contributed by atoms with E-state index in [9.17, 15) is 8.78 Å². The lowest BCUT2D eigenvalue weighted by atomic mass is 9.87. The summed E-state index contributed by atoms with van der Waals surface area (Å²) in [7, 11) is 3.63. The summed E-state index contributed by atoms with van der Waals surface area (Å²) in [4.78, 5) is 2.02. The van der Waals surface area contributed by atoms with Gasteiger partial charge in [-0.3, -0.25) is 0 Å². The third kappa shape index (κ3) is 2.91. The maximum Gasteiger partial charge on any atom is 0.264 e. The van der Waals surface area contributed by atoms with Gasteiger partial charge in [-0.25, -0.2) is 8.78 Å². The molecule has 0 fully saturated rings. The number of anilines is 1. The molecule has 0 saturated carbocycles. The molecule has 0 radical (unpaired) electrons. The minimum Gasteiger partial charge on any atom is -0.393 e. The number of rotatable bonds is 4. The number of allylic oxidation sites excluding steroid dienone is 1. The van der Waals surface area contributed by atoms with E-state index in [0.29, 0.717) is 17.1 Å². The molecule has 114 valence electrons. The first-order chi connectivity index (χ1) is 9.99. The van der Waals surface area contributed by atoms with E-state index in [1.54, 1.807) is 19.3 Å². The van der Waals surface area contributed by atoms with Crippen LogP contribution < -0.4 is 10.2 Å². The third-order valence-electron chi connectivity index (χ3n) is 4.04. The van der Waals surface area contributed by atoms with Crippen molar-refractivity contribution in [3.05, 3.63) is 35.0 Å². The Morgan fingerprint density at radius 3 is 2.76 bits per heavy atom. The summed E-state index contributed by atoms with van der Waals surface area (Å²) in [6, 6.07) is 3.41. The first-order valence-corrected chi connectivity index (χ1v) is 7.05. The molecular weight excluding hydrogens is 272 g/mol. The van der Waals surface area contributed by atoms with Crippen LogP contribution in [0, 0.1) is 5.41 Å². The zero-order valence-electron chi connectivity index (χ0n) is 12.6. The lowest BCUT2D eigenvalue weighted by molar-refractivity contribution is 0.151. The van der Waals surface area contributed by atoms with Crippen LogP contribution in [0.15, 0.2) is 18.3 Å². The van der Waals surface area contributed by atoms with Gasteiger partial charge in [0.2, 0.25) is 0 Å². The van der Waals surface area contributed by atoms with Crippen molar-refractivity contribution in [1.82, 2.24) is 5.32 Å². The van der Waals surface area contributed by atoms with E-state index in [-0.39, 0.29) is 5.56 Å². The SMILES string of the molecule is CN/C=C(\C=N)c1cc2c(cc1C(F)F)N(C)CC[C@H]2C. The Hall–Kier alpha value is -1.91. The van der Waals surface area contributed by atoms with Gasteiger partial charge in [0.25, 0.3) is 6.43 Å². The lowest BCUT2D eigenvalue weighted by Gasteiger charge is -2.33. The fraction of sp³-hybridized carbons (Fsp3) is 0.438. The molecule has 1 atom stereocenters. The van der Waals surface area contributed by atoms with E-state index in [0.717, 1.165) is 30.4 Å². The highest BCUT2D eigenvalue weighted by Gasteiger charge is 2.25. The normalized spacial score (nSPS) is 18.7. The zero-order chi connectivity index (χ0) is 15.6. The molecule has 0 amide bonds. The average molecular weight is 293 g/mol. The zero-order valence-corrected chi connectivity index (χ0v) is 12.6. The highest BCUT2D eigenvalue weighted by atomic mass is 19.3. The molecule has 1 aliphatic heterocycles. The van der Waals surface area contributed by atoms with Gasteiger partial charge in [-0.2, -0.15) is 0 Å². The monoisotopic (exact) mass is 293 g/mol. The number of nitrogens with zero attached hydrogens (tertiary/aromatic N) is 1. The van der Waals surface area contributed by atoms with E-state index >= 15 is 0 Å². The molecule has 0 aliphatic carbocycles. The molecule has 1 aromatic carbocycles. The van der Waals surface area contributed by atoms with E-state index in [4.69, 9.17) is 5.41 Å². The Kier molecular flexibility index (Phi) is 4.60. The van der Waals surface area contributed by atoms with Crippen LogP contribution in [0.2, 0.25) is 0 Å². The Bertz CT molecular complexity index is 567. The smallest absolute Gasteiger partial charge is 0.264 e. The molecule has 3 nitrogen and oxygen atoms in total. The van der Waals surface area contributed by atoms with Crippen molar-refractivity contribution in [2.45, 2.75) is 25.7 Å². The second kappa shape index (κ2) is 6.24. The molecule has 2 rings (SSSR count). The van der Waals surface area contributed by atoms with Gasteiger partial charge in [0.15, 0.2) is 0 Å². The number of alkyl halides is 2. The third-order valence-corrected chi connectivity index (χ3v) is 4.04. The van der Waals surface area contributed by atoms with E-state index in [1.165, 1.54) is 0 Å². The molecule has 0 bridgehead atoms. The van der Waals surface area contributed by atoms with Crippen LogP contribution in [0.25, 0.3) is 5.57 Å². The summed E-state index contributed by atoms with van der Waals surface area (Å²) < 4.78 is 26.8. The second-order valence-electron chi connectivity index (χ2n) is 5.44. The summed E-state index contributed by atoms with van der Waals surface area (Å²) in [6.45, 7) is 2.99. The fourth-order valence-electron chi connectivity index (χ4n) is 2.79. The molecule has 5 heteroatoms. The standard InChI is InChI=1S/C16H21F2N3/c1-10-4-5-21(3)15-7-14(16(17)18)13(6-12(10)15)11(8-19)9-20-2/h6-10,16,19-20H,4-5H2,1-3H3/b11-9+,19-8?/t10-/m1/s1. The molecule has 1 heterocycles. The van der Waals surface area contributed by atoms with E-state index < -0.39 is 6.43 Å². The first-order valence-electron chi connectivity index (χ1n) is 7.05. The van der Waals surface area contributed by atoms with Crippen molar-refractivity contribution in [3.63, 3.8) is 0 Å². The van der Waals surface area contributed by atoms with Crippen LogP contribution in [0.5, 0.6) is 0 Å². The molecule has 1 aromatic rings. The number of benzene rings is 1. The summed E-state index contributed by atoms with van der Waals surface area (Å²) >= 11 is 0. The summed E-state index contributed by atoms with van der Waals surface area (Å²) in [6.07, 6.45) is 1.14. The largest absolute Gasteiger partial charge is 0.393 e. The first kappa shape index (κ1) is 15.5. The van der Waals surface area contributed by atoms with Crippen molar-refractivity contribution < 1.29 is 8.78 Å². The van der Waals surface area contributed by atoms with Gasteiger partial charge in [-0.15, -0.1) is 0 Å². The van der Waals surface area contributed by atoms with Crippen molar-refractivity contribution in [2.75, 3.05) is 25.5 Å². The second-order valence-corrected chi connectivity index (χ2v) is 5.44. The van der Waals surface area contributed by atoms with Crippen molar-refractivity contribution in [2.24, 2.45) is 0 Å². The van der Waals surface area contributed by atoms with Gasteiger partial charge in [0.05, 0.1) is 0 Å². The quantitative estimate of drug-likeness (QED) is 0.829. The van der Waals surface area contributed by atoms with Crippen molar-refractivity contribution in [1.29, 1.82) is 5.41 Å². The lowest BCUT2D eigenvalue weighted by Crippen LogP contribution is -2.27. The number of halogens is 2. The van der Waals surface area contributed by atoms with Crippen LogP contribution in [0.4, 0.5) is 14.5 Å². The predicted octanol–water partition coefficient (Wildman–Crippen LogP) is 3.78. The minimum atomic E-state index is -2.56. The van der Waals surface area contributed by atoms with Crippen LogP contribution in [0.3, 0.4) is 0 Å². The van der Waals surface area contributed by atoms with Gasteiger partial charge >= 0.3 is 0 Å². The molecule has 2 N–H and O–H groups in total. The van der Waals surface area contributed by atoms with E-state index in [1.807, 2.05) is 18.0 Å². The summed E-state index contributed by atoms with van der Waals surface area (Å²) in [5.74, 6) is 0.336. The highest BCUT2D eigenvalue weighted by molar-refractivity contribution is 6.09. The molecular formula is C16H21F2N3. The molecule has 0 aromatic heterocycles. The van der Waals surface area contributed by atoms with Crippen LogP contribution in [-0.2, 0) is 0 Å². The van der Waals surface area contributed by atoms with Gasteiger partial charge in [0.1, 0.15) is 0 Å². The van der Waals surface area contributed by atoms with Gasteiger partial charge in [0, 0.05) is 49.9 Å². The average Bonchev–Trinajstić information content (AvgIpc) is 2.47. The van der Waals surface area contributed by atoms with Gasteiger partial charge in [-0.1, -0.05) is 6.92 Å². The summed E-state index contributed by atoms with van der Waals surface area (Å²) in [5, 5.41) is 10.3. The summed E-state index contributed by atoms with van der Waals surface area (Å²) in [5.41, 5.74) is 2.85. The maximum atomic E-state index is 13.4. The van der Waals surface area contributed by atoms with Gasteiger partial charge in [-0.05, 0) is 35.6 Å². The number of hydrogen-bond acceptors (Lipinski definition) is 3. The topological polar surface area (TPSA) is 39.1 Å². The van der Waals surface area contributed by atoms with Gasteiger partial charge < -0.3 is 15.6 Å². The molecule has 21 heavy (non-hydrogen) atoms.